The summed E-state index contributed by atoms with van der Waals surface area (Å²) in [5.74, 6) is 0.596. The van der Waals surface area contributed by atoms with E-state index in [0.29, 0.717) is 17.9 Å². The van der Waals surface area contributed by atoms with E-state index in [0.717, 1.165) is 5.56 Å². The zero-order chi connectivity index (χ0) is 21.7. The van der Waals surface area contributed by atoms with E-state index in [4.69, 9.17) is 4.74 Å². The number of imidazole rings is 1. The number of hydrogen-bond donors (Lipinski definition) is 1. The molecule has 0 saturated carbocycles. The Morgan fingerprint density at radius 2 is 1.83 bits per heavy atom. The van der Waals surface area contributed by atoms with E-state index < -0.39 is 22.7 Å². The van der Waals surface area contributed by atoms with E-state index in [-0.39, 0.29) is 5.69 Å². The molecule has 0 unspecified atom stereocenters. The van der Waals surface area contributed by atoms with Gasteiger partial charge in [-0.05, 0) is 38.5 Å². The van der Waals surface area contributed by atoms with Crippen LogP contribution in [0.25, 0.3) is 5.69 Å². The molecule has 8 nitrogen and oxygen atoms in total. The van der Waals surface area contributed by atoms with Crippen molar-refractivity contribution in [2.24, 2.45) is 0 Å². The van der Waals surface area contributed by atoms with Crippen molar-refractivity contribution in [3.8, 4) is 5.69 Å². The minimum Gasteiger partial charge on any atom is -0.444 e. The first-order chi connectivity index (χ1) is 14.2. The summed E-state index contributed by atoms with van der Waals surface area (Å²) in [4.78, 5) is 27.4. The molecule has 8 heteroatoms. The highest BCUT2D eigenvalue weighted by Gasteiger charge is 2.24. The second kappa shape index (κ2) is 8.77. The lowest BCUT2D eigenvalue weighted by Gasteiger charge is -2.24. The lowest BCUT2D eigenvalue weighted by atomic mass is 10.1. The molecule has 1 N–H and O–H groups in total. The van der Waals surface area contributed by atoms with Crippen molar-refractivity contribution in [3.63, 3.8) is 0 Å². The third kappa shape index (κ3) is 5.44. The number of amides is 1. The van der Waals surface area contributed by atoms with Crippen molar-refractivity contribution in [1.29, 1.82) is 0 Å². The Kier molecular flexibility index (Phi) is 6.15. The number of non-ortho nitro benzene ring substituents is 1. The third-order valence-electron chi connectivity index (χ3n) is 4.29. The van der Waals surface area contributed by atoms with Gasteiger partial charge in [-0.25, -0.2) is 9.78 Å². The first-order valence-electron chi connectivity index (χ1n) is 9.54. The number of nitro benzene ring substituents is 1. The molecule has 1 aromatic heterocycles. The Labute approximate surface area is 174 Å². The Bertz CT molecular complexity index is 1010. The highest BCUT2D eigenvalue weighted by atomic mass is 16.6. The number of hydrogen-bond acceptors (Lipinski definition) is 5. The van der Waals surface area contributed by atoms with Crippen LogP contribution >= 0.6 is 0 Å². The lowest BCUT2D eigenvalue weighted by Crippen LogP contribution is -2.36. The van der Waals surface area contributed by atoms with Gasteiger partial charge in [0.25, 0.3) is 5.69 Å². The van der Waals surface area contributed by atoms with Gasteiger partial charge < -0.3 is 14.6 Å². The van der Waals surface area contributed by atoms with Gasteiger partial charge in [0.05, 0.1) is 11.0 Å². The fraction of sp³-hybridized carbons (Fsp3) is 0.273. The maximum atomic E-state index is 12.5. The molecule has 0 fully saturated rings. The van der Waals surface area contributed by atoms with Crippen LogP contribution in [0, 0.1) is 10.1 Å². The molecule has 2 aromatic carbocycles. The summed E-state index contributed by atoms with van der Waals surface area (Å²) in [5.41, 5.74) is 1.11. The second-order valence-corrected chi connectivity index (χ2v) is 7.82. The summed E-state index contributed by atoms with van der Waals surface area (Å²) in [7, 11) is 0. The number of nitrogens with one attached hydrogen (secondary N) is 1. The van der Waals surface area contributed by atoms with Gasteiger partial charge in [0, 0.05) is 36.6 Å². The van der Waals surface area contributed by atoms with E-state index in [2.05, 4.69) is 10.3 Å². The lowest BCUT2D eigenvalue weighted by molar-refractivity contribution is -0.384. The largest absolute Gasteiger partial charge is 0.444 e. The molecule has 3 aromatic rings. The van der Waals surface area contributed by atoms with Gasteiger partial charge >= 0.3 is 6.09 Å². The third-order valence-corrected chi connectivity index (χ3v) is 4.29. The molecule has 3 rings (SSSR count). The van der Waals surface area contributed by atoms with E-state index in [1.165, 1.54) is 12.1 Å². The van der Waals surface area contributed by atoms with Crippen LogP contribution in [0.5, 0.6) is 0 Å². The summed E-state index contributed by atoms with van der Waals surface area (Å²) < 4.78 is 7.23. The van der Waals surface area contributed by atoms with Gasteiger partial charge in [0.1, 0.15) is 11.4 Å². The van der Waals surface area contributed by atoms with Crippen LogP contribution < -0.4 is 5.32 Å². The summed E-state index contributed by atoms with van der Waals surface area (Å²) in [6.45, 7) is 5.41. The Morgan fingerprint density at radius 3 is 2.43 bits per heavy atom. The molecule has 0 radical (unpaired) electrons. The van der Waals surface area contributed by atoms with Crippen molar-refractivity contribution in [1.82, 2.24) is 14.9 Å². The summed E-state index contributed by atoms with van der Waals surface area (Å²) >= 11 is 0. The second-order valence-electron chi connectivity index (χ2n) is 7.82. The normalized spacial score (nSPS) is 12.2. The number of nitro groups is 1. The highest BCUT2D eigenvalue weighted by Crippen LogP contribution is 2.23. The van der Waals surface area contributed by atoms with Crippen LogP contribution in [-0.4, -0.2) is 26.2 Å². The quantitative estimate of drug-likeness (QED) is 0.475. The van der Waals surface area contributed by atoms with Gasteiger partial charge in [-0.2, -0.15) is 0 Å². The molecule has 1 amide bonds. The topological polar surface area (TPSA) is 99.3 Å². The fourth-order valence-electron chi connectivity index (χ4n) is 3.03. The summed E-state index contributed by atoms with van der Waals surface area (Å²) in [6, 6.07) is 15.5. The standard InChI is InChI=1S/C22H24N4O4/c1-22(2,3)30-21(27)24-19(15-16-7-5-4-6-8-16)20-23-13-14-25(20)17-9-11-18(12-10-17)26(28)29/h4-14,19H,15H2,1-3H3,(H,24,27)/t19-/m0/s1. The number of carbonyl (C=O) groups is 1. The van der Waals surface area contributed by atoms with E-state index in [1.54, 1.807) is 49.9 Å². The molecule has 1 heterocycles. The number of rotatable bonds is 6. The molecule has 1 atom stereocenters. The summed E-state index contributed by atoms with van der Waals surface area (Å²) in [6.07, 6.45) is 3.35. The monoisotopic (exact) mass is 408 g/mol. The molecular weight excluding hydrogens is 384 g/mol. The van der Waals surface area contributed by atoms with Gasteiger partial charge in [0.15, 0.2) is 0 Å². The van der Waals surface area contributed by atoms with Crippen molar-refractivity contribution in [2.45, 2.75) is 38.8 Å². The van der Waals surface area contributed by atoms with Crippen LogP contribution in [-0.2, 0) is 11.2 Å². The Hall–Kier alpha value is -3.68. The van der Waals surface area contributed by atoms with E-state index >= 15 is 0 Å². The van der Waals surface area contributed by atoms with Crippen molar-refractivity contribution in [3.05, 3.63) is 88.5 Å². The van der Waals surface area contributed by atoms with Crippen LogP contribution in [0.2, 0.25) is 0 Å². The SMILES string of the molecule is CC(C)(C)OC(=O)N[C@@H](Cc1ccccc1)c1nccn1-c1ccc([N+](=O)[O-])cc1. The maximum absolute atomic E-state index is 12.5. The number of ether oxygens (including phenoxy) is 1. The fourth-order valence-corrected chi connectivity index (χ4v) is 3.03. The predicted molar refractivity (Wildman–Crippen MR) is 112 cm³/mol. The van der Waals surface area contributed by atoms with E-state index in [1.807, 2.05) is 30.3 Å². The zero-order valence-corrected chi connectivity index (χ0v) is 17.1. The Balaban J connectivity index is 1.92. The minimum atomic E-state index is -0.630. The van der Waals surface area contributed by atoms with Crippen molar-refractivity contribution in [2.75, 3.05) is 0 Å². The Morgan fingerprint density at radius 1 is 1.17 bits per heavy atom. The van der Waals surface area contributed by atoms with Crippen LogP contribution in [0.4, 0.5) is 10.5 Å². The molecular formula is C22H24N4O4. The van der Waals surface area contributed by atoms with Crippen molar-refractivity contribution >= 4 is 11.8 Å². The molecule has 0 aliphatic carbocycles. The average Bonchev–Trinajstić information content (AvgIpc) is 3.16. The van der Waals surface area contributed by atoms with Gasteiger partial charge in [-0.3, -0.25) is 10.1 Å². The maximum Gasteiger partial charge on any atom is 0.408 e. The molecule has 0 spiro atoms. The first-order valence-corrected chi connectivity index (χ1v) is 9.54. The number of benzene rings is 2. The van der Waals surface area contributed by atoms with Gasteiger partial charge in [-0.15, -0.1) is 0 Å². The molecule has 156 valence electrons. The van der Waals surface area contributed by atoms with Gasteiger partial charge in [-0.1, -0.05) is 30.3 Å². The molecule has 0 aliphatic rings. The summed E-state index contributed by atoms with van der Waals surface area (Å²) in [5, 5.41) is 13.8. The number of aromatic nitrogens is 2. The number of nitrogens with zero attached hydrogens (tertiary/aromatic N) is 3. The zero-order valence-electron chi connectivity index (χ0n) is 17.1. The number of alkyl carbamates (subject to hydrolysis) is 1. The van der Waals surface area contributed by atoms with E-state index in [9.17, 15) is 14.9 Å². The first kappa shape index (κ1) is 21.0. The average molecular weight is 408 g/mol. The molecule has 0 aliphatic heterocycles. The smallest absolute Gasteiger partial charge is 0.408 e. The molecule has 0 bridgehead atoms. The van der Waals surface area contributed by atoms with Crippen molar-refractivity contribution < 1.29 is 14.5 Å². The molecule has 0 saturated heterocycles. The minimum absolute atomic E-state index is 0.00753. The molecule has 30 heavy (non-hydrogen) atoms. The van der Waals surface area contributed by atoms with Crippen LogP contribution in [0.15, 0.2) is 67.0 Å². The number of carbonyl (C=O) groups excluding carboxylic acids is 1. The highest BCUT2D eigenvalue weighted by molar-refractivity contribution is 5.68. The predicted octanol–water partition coefficient (Wildman–Crippen LogP) is 4.59. The van der Waals surface area contributed by atoms with Crippen LogP contribution in [0.1, 0.15) is 38.2 Å². The van der Waals surface area contributed by atoms with Gasteiger partial charge in [0.2, 0.25) is 0 Å². The van der Waals surface area contributed by atoms with Crippen LogP contribution in [0.3, 0.4) is 0 Å².